The van der Waals surface area contributed by atoms with Crippen LogP contribution in [0, 0.1) is 0 Å². The average molecular weight is 358 g/mol. The summed E-state index contributed by atoms with van der Waals surface area (Å²) in [6, 6.07) is 8.46. The summed E-state index contributed by atoms with van der Waals surface area (Å²) in [6.45, 7) is 1.78. The van der Waals surface area contributed by atoms with Crippen molar-refractivity contribution in [1.82, 2.24) is 15.2 Å². The molecule has 7 heteroatoms. The number of thioether (sulfide) groups is 1. The first-order valence-corrected chi connectivity index (χ1v) is 9.00. The number of rotatable bonds is 5. The molecule has 1 aliphatic heterocycles. The van der Waals surface area contributed by atoms with Crippen LogP contribution >= 0.6 is 35.5 Å². The Balaban J connectivity index is 0.00000176. The highest BCUT2D eigenvalue weighted by atomic mass is 35.5. The van der Waals surface area contributed by atoms with Crippen molar-refractivity contribution < 1.29 is 4.79 Å². The van der Waals surface area contributed by atoms with E-state index in [1.165, 1.54) is 4.70 Å². The number of carbonyl (C=O) groups is 1. The third-order valence-corrected chi connectivity index (χ3v) is 5.89. The first-order valence-electron chi connectivity index (χ1n) is 7.20. The second-order valence-electron chi connectivity index (χ2n) is 5.18. The number of nitrogens with one attached hydrogen (secondary N) is 1. The fourth-order valence-electron chi connectivity index (χ4n) is 2.73. The Morgan fingerprint density at radius 2 is 2.32 bits per heavy atom. The Morgan fingerprint density at radius 1 is 1.50 bits per heavy atom. The Hall–Kier alpha value is -0.820. The van der Waals surface area contributed by atoms with Gasteiger partial charge in [0.15, 0.2) is 4.34 Å². The van der Waals surface area contributed by atoms with Crippen molar-refractivity contribution in [3.05, 3.63) is 24.3 Å². The Morgan fingerprint density at radius 3 is 3.09 bits per heavy atom. The first-order chi connectivity index (χ1) is 10.3. The molecule has 4 nitrogen and oxygen atoms in total. The summed E-state index contributed by atoms with van der Waals surface area (Å²) in [5.41, 5.74) is 1.02. The maximum Gasteiger partial charge on any atom is 0.233 e. The van der Waals surface area contributed by atoms with Crippen molar-refractivity contribution in [3.63, 3.8) is 0 Å². The number of thiazole rings is 1. The molecule has 1 N–H and O–H groups in total. The van der Waals surface area contributed by atoms with Gasteiger partial charge in [-0.25, -0.2) is 4.98 Å². The molecule has 3 rings (SSSR count). The van der Waals surface area contributed by atoms with E-state index in [2.05, 4.69) is 16.4 Å². The van der Waals surface area contributed by atoms with Gasteiger partial charge < -0.3 is 10.2 Å². The quantitative estimate of drug-likeness (QED) is 0.835. The van der Waals surface area contributed by atoms with Crippen LogP contribution in [0.5, 0.6) is 0 Å². The molecule has 1 amide bonds. The Labute approximate surface area is 145 Å². The number of fused-ring (bicyclic) bond motifs is 1. The molecule has 1 unspecified atom stereocenters. The van der Waals surface area contributed by atoms with E-state index in [1.54, 1.807) is 23.1 Å². The van der Waals surface area contributed by atoms with Crippen LogP contribution < -0.4 is 5.32 Å². The van der Waals surface area contributed by atoms with Crippen molar-refractivity contribution >= 4 is 51.6 Å². The number of hydrogen-bond donors (Lipinski definition) is 1. The molecule has 0 aliphatic carbocycles. The monoisotopic (exact) mass is 357 g/mol. The number of para-hydroxylation sites is 1. The molecule has 1 atom stereocenters. The lowest BCUT2D eigenvalue weighted by atomic mass is 10.2. The zero-order valence-corrected chi connectivity index (χ0v) is 14.9. The van der Waals surface area contributed by atoms with Gasteiger partial charge in [0.1, 0.15) is 0 Å². The standard InChI is InChI=1S/C15H19N3OS2.ClH/c1-16-9-11-5-4-8-18(11)14(19)10-20-15-17-12-6-2-3-7-13(12)21-15;/h2-3,6-7,11,16H,4-5,8-10H2,1H3;1H. The van der Waals surface area contributed by atoms with Crippen molar-refractivity contribution in [2.75, 3.05) is 25.9 Å². The largest absolute Gasteiger partial charge is 0.338 e. The van der Waals surface area contributed by atoms with E-state index in [-0.39, 0.29) is 18.3 Å². The number of amides is 1. The molecule has 0 radical (unpaired) electrons. The number of benzene rings is 1. The zero-order chi connectivity index (χ0) is 14.7. The van der Waals surface area contributed by atoms with E-state index in [0.717, 1.165) is 35.8 Å². The van der Waals surface area contributed by atoms with Gasteiger partial charge in [0.2, 0.25) is 5.91 Å². The van der Waals surface area contributed by atoms with E-state index in [4.69, 9.17) is 0 Å². The van der Waals surface area contributed by atoms with Crippen molar-refractivity contribution in [2.45, 2.75) is 23.2 Å². The van der Waals surface area contributed by atoms with E-state index < -0.39 is 0 Å². The van der Waals surface area contributed by atoms with E-state index in [0.29, 0.717) is 11.8 Å². The molecule has 0 bridgehead atoms. The van der Waals surface area contributed by atoms with E-state index >= 15 is 0 Å². The number of carbonyl (C=O) groups excluding carboxylic acids is 1. The molecule has 120 valence electrons. The van der Waals surface area contributed by atoms with Crippen molar-refractivity contribution in [3.8, 4) is 0 Å². The van der Waals surface area contributed by atoms with Crippen LogP contribution in [-0.2, 0) is 4.79 Å². The minimum absolute atomic E-state index is 0. The highest BCUT2D eigenvalue weighted by molar-refractivity contribution is 8.01. The van der Waals surface area contributed by atoms with Crippen LogP contribution in [0.15, 0.2) is 28.6 Å². The van der Waals surface area contributed by atoms with E-state index in [9.17, 15) is 4.79 Å². The number of likely N-dealkylation sites (tertiary alicyclic amines) is 1. The molecule has 22 heavy (non-hydrogen) atoms. The average Bonchev–Trinajstić information content (AvgIpc) is 3.11. The summed E-state index contributed by atoms with van der Waals surface area (Å²) >= 11 is 3.22. The molecule has 1 saturated heterocycles. The van der Waals surface area contributed by atoms with Gasteiger partial charge in [0.05, 0.1) is 16.0 Å². The maximum absolute atomic E-state index is 12.4. The number of nitrogens with zero attached hydrogens (tertiary/aromatic N) is 2. The molecule has 2 heterocycles. The SMILES string of the molecule is CNCC1CCCN1C(=O)CSc1nc2ccccc2s1.Cl. The third-order valence-electron chi connectivity index (χ3n) is 3.73. The summed E-state index contributed by atoms with van der Waals surface area (Å²) in [4.78, 5) is 19.0. The lowest BCUT2D eigenvalue weighted by Crippen LogP contribution is -2.41. The highest BCUT2D eigenvalue weighted by Crippen LogP contribution is 2.30. The number of aromatic nitrogens is 1. The normalized spacial score (nSPS) is 17.7. The molecule has 1 aromatic carbocycles. The predicted octanol–water partition coefficient (Wildman–Crippen LogP) is 3.02. The number of halogens is 1. The van der Waals surface area contributed by atoms with Crippen molar-refractivity contribution in [1.29, 1.82) is 0 Å². The predicted molar refractivity (Wildman–Crippen MR) is 96.3 cm³/mol. The van der Waals surface area contributed by atoms with Crippen LogP contribution in [0.25, 0.3) is 10.2 Å². The molecular formula is C15H20ClN3OS2. The topological polar surface area (TPSA) is 45.2 Å². The Kier molecular flexibility index (Phi) is 6.50. The number of hydrogen-bond acceptors (Lipinski definition) is 5. The fourth-order valence-corrected chi connectivity index (χ4v) is 4.69. The fraction of sp³-hybridized carbons (Fsp3) is 0.467. The van der Waals surface area contributed by atoms with Gasteiger partial charge in [-0.15, -0.1) is 23.7 Å². The van der Waals surface area contributed by atoms with Crippen LogP contribution in [0.1, 0.15) is 12.8 Å². The van der Waals surface area contributed by atoms with Gasteiger partial charge in [0, 0.05) is 19.1 Å². The molecule has 0 spiro atoms. The van der Waals surface area contributed by atoms with Crippen LogP contribution in [0.3, 0.4) is 0 Å². The van der Waals surface area contributed by atoms with E-state index in [1.807, 2.05) is 30.1 Å². The molecule has 2 aromatic rings. The van der Waals surface area contributed by atoms with Gasteiger partial charge >= 0.3 is 0 Å². The van der Waals surface area contributed by atoms with Crippen LogP contribution in [0.2, 0.25) is 0 Å². The molecule has 1 aliphatic rings. The minimum Gasteiger partial charge on any atom is -0.338 e. The molecule has 1 aromatic heterocycles. The summed E-state index contributed by atoms with van der Waals surface area (Å²) in [6.07, 6.45) is 2.22. The zero-order valence-electron chi connectivity index (χ0n) is 12.4. The maximum atomic E-state index is 12.4. The smallest absolute Gasteiger partial charge is 0.233 e. The lowest BCUT2D eigenvalue weighted by molar-refractivity contribution is -0.129. The summed E-state index contributed by atoms with van der Waals surface area (Å²) < 4.78 is 2.16. The lowest BCUT2D eigenvalue weighted by Gasteiger charge is -2.24. The van der Waals surface area contributed by atoms with Gasteiger partial charge in [0.25, 0.3) is 0 Å². The van der Waals surface area contributed by atoms with Gasteiger partial charge in [-0.05, 0) is 32.0 Å². The van der Waals surface area contributed by atoms with Crippen LogP contribution in [-0.4, -0.2) is 47.7 Å². The molecular weight excluding hydrogens is 338 g/mol. The summed E-state index contributed by atoms with van der Waals surface area (Å²) in [7, 11) is 1.94. The minimum atomic E-state index is 0. The van der Waals surface area contributed by atoms with Gasteiger partial charge in [-0.3, -0.25) is 4.79 Å². The van der Waals surface area contributed by atoms with Crippen molar-refractivity contribution in [2.24, 2.45) is 0 Å². The summed E-state index contributed by atoms with van der Waals surface area (Å²) in [5, 5.41) is 3.18. The third kappa shape index (κ3) is 3.93. The second-order valence-corrected chi connectivity index (χ2v) is 7.43. The van der Waals surface area contributed by atoms with Gasteiger partial charge in [-0.2, -0.15) is 0 Å². The first kappa shape index (κ1) is 17.5. The second kappa shape index (κ2) is 8.15. The Bertz CT molecular complexity index is 601. The van der Waals surface area contributed by atoms with Gasteiger partial charge in [-0.1, -0.05) is 23.9 Å². The highest BCUT2D eigenvalue weighted by Gasteiger charge is 2.27. The van der Waals surface area contributed by atoms with Crippen LogP contribution in [0.4, 0.5) is 0 Å². The molecule has 1 fully saturated rings. The summed E-state index contributed by atoms with van der Waals surface area (Å²) in [5.74, 6) is 0.719. The molecule has 0 saturated carbocycles. The number of likely N-dealkylation sites (N-methyl/N-ethyl adjacent to an activating group) is 1.